The van der Waals surface area contributed by atoms with Crippen LogP contribution in [0.4, 0.5) is 11.4 Å². The Morgan fingerprint density at radius 1 is 1.03 bits per heavy atom. The Morgan fingerprint density at radius 3 is 2.41 bits per heavy atom. The van der Waals surface area contributed by atoms with Crippen molar-refractivity contribution < 1.29 is 9.53 Å². The number of benzene rings is 2. The number of rotatable bonds is 6. The molecular weight excluding hydrogens is 366 g/mol. The first kappa shape index (κ1) is 20.5. The van der Waals surface area contributed by atoms with Gasteiger partial charge in [-0.1, -0.05) is 30.3 Å². The second-order valence-corrected chi connectivity index (χ2v) is 6.73. The maximum atomic E-state index is 12.2. The largest absolute Gasteiger partial charge is 0.495 e. The summed E-state index contributed by atoms with van der Waals surface area (Å²) in [5.41, 5.74) is 1.89. The molecule has 154 valence electrons. The molecule has 0 saturated carbocycles. The van der Waals surface area contributed by atoms with Crippen LogP contribution in [0, 0.1) is 0 Å². The van der Waals surface area contributed by atoms with Crippen molar-refractivity contribution in [2.24, 2.45) is 4.99 Å². The standard InChI is InChI=1S/C22H29N5O2/c1-3-23-22(24-17-21(28)25-18-9-5-4-6-10-18)27-15-13-26(14-16-27)19-11-7-8-12-20(19)29-2/h4-12H,3,13-17H2,1-2H3,(H,23,24)(H,25,28). The summed E-state index contributed by atoms with van der Waals surface area (Å²) in [6, 6.07) is 17.5. The van der Waals surface area contributed by atoms with E-state index in [1.54, 1.807) is 7.11 Å². The summed E-state index contributed by atoms with van der Waals surface area (Å²) in [6.07, 6.45) is 0. The van der Waals surface area contributed by atoms with E-state index < -0.39 is 0 Å². The van der Waals surface area contributed by atoms with Crippen molar-refractivity contribution in [3.8, 4) is 5.75 Å². The molecule has 1 saturated heterocycles. The Hall–Kier alpha value is -3.22. The molecular formula is C22H29N5O2. The highest BCUT2D eigenvalue weighted by Gasteiger charge is 2.21. The summed E-state index contributed by atoms with van der Waals surface area (Å²) in [5.74, 6) is 1.54. The predicted molar refractivity (Wildman–Crippen MR) is 118 cm³/mol. The van der Waals surface area contributed by atoms with Crippen molar-refractivity contribution in [2.75, 3.05) is 56.6 Å². The fourth-order valence-electron chi connectivity index (χ4n) is 3.34. The third-order valence-electron chi connectivity index (χ3n) is 4.77. The number of carbonyl (C=O) groups excluding carboxylic acids is 1. The molecule has 3 rings (SSSR count). The molecule has 0 bridgehead atoms. The van der Waals surface area contributed by atoms with E-state index in [0.717, 1.165) is 55.8 Å². The number of carbonyl (C=O) groups is 1. The molecule has 1 aliphatic heterocycles. The van der Waals surface area contributed by atoms with Gasteiger partial charge in [0.05, 0.1) is 12.8 Å². The van der Waals surface area contributed by atoms with Gasteiger partial charge in [-0.25, -0.2) is 4.99 Å². The van der Waals surface area contributed by atoms with Crippen LogP contribution in [0.3, 0.4) is 0 Å². The number of methoxy groups -OCH3 is 1. The van der Waals surface area contributed by atoms with Crippen LogP contribution in [0.15, 0.2) is 59.6 Å². The molecule has 2 aromatic carbocycles. The SMILES string of the molecule is CCNC(=NCC(=O)Nc1ccccc1)N1CCN(c2ccccc2OC)CC1. The van der Waals surface area contributed by atoms with E-state index in [-0.39, 0.29) is 12.5 Å². The van der Waals surface area contributed by atoms with Crippen molar-refractivity contribution in [1.29, 1.82) is 0 Å². The third-order valence-corrected chi connectivity index (χ3v) is 4.77. The number of ether oxygens (including phenoxy) is 1. The van der Waals surface area contributed by atoms with E-state index in [0.29, 0.717) is 0 Å². The van der Waals surface area contributed by atoms with Crippen LogP contribution >= 0.6 is 0 Å². The Balaban J connectivity index is 1.58. The first-order valence-corrected chi connectivity index (χ1v) is 9.97. The molecule has 0 aromatic heterocycles. The molecule has 2 aromatic rings. The molecule has 1 amide bonds. The molecule has 0 atom stereocenters. The van der Waals surface area contributed by atoms with Gasteiger partial charge in [0.15, 0.2) is 5.96 Å². The van der Waals surface area contributed by atoms with Gasteiger partial charge < -0.3 is 25.2 Å². The molecule has 29 heavy (non-hydrogen) atoms. The van der Waals surface area contributed by atoms with Crippen LogP contribution in [-0.2, 0) is 4.79 Å². The summed E-state index contributed by atoms with van der Waals surface area (Å²) >= 11 is 0. The first-order chi connectivity index (χ1) is 14.2. The summed E-state index contributed by atoms with van der Waals surface area (Å²) < 4.78 is 5.49. The minimum atomic E-state index is -0.126. The minimum absolute atomic E-state index is 0.0873. The van der Waals surface area contributed by atoms with E-state index in [1.807, 2.05) is 55.5 Å². The van der Waals surface area contributed by atoms with Crippen molar-refractivity contribution in [1.82, 2.24) is 10.2 Å². The molecule has 1 heterocycles. The number of amides is 1. The van der Waals surface area contributed by atoms with Gasteiger partial charge in [0.2, 0.25) is 5.91 Å². The van der Waals surface area contributed by atoms with Gasteiger partial charge in [-0.15, -0.1) is 0 Å². The zero-order valence-electron chi connectivity index (χ0n) is 17.1. The molecule has 0 aliphatic carbocycles. The van der Waals surface area contributed by atoms with Crippen molar-refractivity contribution in [3.63, 3.8) is 0 Å². The number of hydrogen-bond acceptors (Lipinski definition) is 4. The van der Waals surface area contributed by atoms with Crippen LogP contribution in [0.5, 0.6) is 5.75 Å². The van der Waals surface area contributed by atoms with Crippen LogP contribution < -0.4 is 20.3 Å². The Morgan fingerprint density at radius 2 is 1.72 bits per heavy atom. The molecule has 7 nitrogen and oxygen atoms in total. The second kappa shape index (κ2) is 10.4. The van der Waals surface area contributed by atoms with Gasteiger partial charge in [0, 0.05) is 38.4 Å². The van der Waals surface area contributed by atoms with Gasteiger partial charge in [-0.05, 0) is 31.2 Å². The van der Waals surface area contributed by atoms with Crippen LogP contribution in [-0.4, -0.2) is 63.1 Å². The highest BCUT2D eigenvalue weighted by Crippen LogP contribution is 2.28. The number of guanidine groups is 1. The maximum Gasteiger partial charge on any atom is 0.246 e. The van der Waals surface area contributed by atoms with Gasteiger partial charge in [-0.2, -0.15) is 0 Å². The molecule has 7 heteroatoms. The molecule has 2 N–H and O–H groups in total. The van der Waals surface area contributed by atoms with E-state index in [4.69, 9.17) is 4.74 Å². The lowest BCUT2D eigenvalue weighted by molar-refractivity contribution is -0.114. The quantitative estimate of drug-likeness (QED) is 0.581. The van der Waals surface area contributed by atoms with Crippen molar-refractivity contribution >= 4 is 23.2 Å². The predicted octanol–water partition coefficient (Wildman–Crippen LogP) is 2.42. The van der Waals surface area contributed by atoms with Crippen LogP contribution in [0.2, 0.25) is 0 Å². The zero-order chi connectivity index (χ0) is 20.5. The maximum absolute atomic E-state index is 12.2. The molecule has 1 fully saturated rings. The average Bonchev–Trinajstić information content (AvgIpc) is 2.77. The number of nitrogens with one attached hydrogen (secondary N) is 2. The minimum Gasteiger partial charge on any atom is -0.495 e. The number of piperazine rings is 1. The normalized spacial score (nSPS) is 14.5. The van der Waals surface area contributed by atoms with E-state index in [1.165, 1.54) is 0 Å². The van der Waals surface area contributed by atoms with Crippen molar-refractivity contribution in [3.05, 3.63) is 54.6 Å². The summed E-state index contributed by atoms with van der Waals surface area (Å²) in [5, 5.41) is 6.17. The number of hydrogen-bond donors (Lipinski definition) is 2. The summed E-state index contributed by atoms with van der Waals surface area (Å²) in [7, 11) is 1.70. The lowest BCUT2D eigenvalue weighted by atomic mass is 10.2. The fraction of sp³-hybridized carbons (Fsp3) is 0.364. The van der Waals surface area contributed by atoms with Gasteiger partial charge in [0.1, 0.15) is 12.3 Å². The monoisotopic (exact) mass is 395 g/mol. The lowest BCUT2D eigenvalue weighted by Crippen LogP contribution is -2.52. The Bertz CT molecular complexity index is 817. The Labute approximate surface area is 172 Å². The second-order valence-electron chi connectivity index (χ2n) is 6.73. The molecule has 0 unspecified atom stereocenters. The van der Waals surface area contributed by atoms with E-state index in [9.17, 15) is 4.79 Å². The fourth-order valence-corrected chi connectivity index (χ4v) is 3.34. The van der Waals surface area contributed by atoms with Crippen molar-refractivity contribution in [2.45, 2.75) is 6.92 Å². The Kier molecular flexibility index (Phi) is 7.33. The molecule has 1 aliphatic rings. The lowest BCUT2D eigenvalue weighted by Gasteiger charge is -2.38. The number of aliphatic imine (C=N–C) groups is 1. The topological polar surface area (TPSA) is 69.2 Å². The number of anilines is 2. The highest BCUT2D eigenvalue weighted by molar-refractivity contribution is 5.94. The van der Waals surface area contributed by atoms with Crippen LogP contribution in [0.25, 0.3) is 0 Å². The average molecular weight is 396 g/mol. The number of para-hydroxylation sites is 3. The molecule has 0 radical (unpaired) electrons. The van der Waals surface area contributed by atoms with E-state index in [2.05, 4.69) is 31.5 Å². The van der Waals surface area contributed by atoms with Crippen LogP contribution in [0.1, 0.15) is 6.92 Å². The smallest absolute Gasteiger partial charge is 0.246 e. The number of nitrogens with zero attached hydrogens (tertiary/aromatic N) is 3. The van der Waals surface area contributed by atoms with Gasteiger partial charge in [0.25, 0.3) is 0 Å². The highest BCUT2D eigenvalue weighted by atomic mass is 16.5. The van der Waals surface area contributed by atoms with Gasteiger partial charge >= 0.3 is 0 Å². The third kappa shape index (κ3) is 5.63. The van der Waals surface area contributed by atoms with Gasteiger partial charge in [-0.3, -0.25) is 4.79 Å². The first-order valence-electron chi connectivity index (χ1n) is 9.97. The van der Waals surface area contributed by atoms with E-state index >= 15 is 0 Å². The summed E-state index contributed by atoms with van der Waals surface area (Å²) in [6.45, 7) is 6.25. The molecule has 0 spiro atoms. The zero-order valence-corrected chi connectivity index (χ0v) is 17.1. The summed E-state index contributed by atoms with van der Waals surface area (Å²) in [4.78, 5) is 21.3.